The Morgan fingerprint density at radius 2 is 1.71 bits per heavy atom. The summed E-state index contributed by atoms with van der Waals surface area (Å²) in [6.07, 6.45) is 6.94. The van der Waals surface area contributed by atoms with Crippen molar-refractivity contribution in [2.75, 3.05) is 20.7 Å². The van der Waals surface area contributed by atoms with Crippen molar-refractivity contribution in [3.05, 3.63) is 89.6 Å². The van der Waals surface area contributed by atoms with E-state index in [9.17, 15) is 9.90 Å². The van der Waals surface area contributed by atoms with Crippen LogP contribution in [0.1, 0.15) is 67.8 Å². The molecular formula is C29H37N2O4+. The zero-order chi connectivity index (χ0) is 24.9. The van der Waals surface area contributed by atoms with E-state index < -0.39 is 11.6 Å². The van der Waals surface area contributed by atoms with Gasteiger partial charge in [-0.1, -0.05) is 79.9 Å². The molecule has 6 nitrogen and oxygen atoms in total. The molecule has 0 unspecified atom stereocenters. The van der Waals surface area contributed by atoms with E-state index in [4.69, 9.17) is 9.15 Å². The minimum absolute atomic E-state index is 0.0456. The Kier molecular flexibility index (Phi) is 7.72. The van der Waals surface area contributed by atoms with Crippen LogP contribution in [0.4, 0.5) is 0 Å². The number of hydrogen-bond acceptors (Lipinski definition) is 5. The fraction of sp³-hybridized carbons (Fsp3) is 0.448. The van der Waals surface area contributed by atoms with Gasteiger partial charge in [0.15, 0.2) is 11.4 Å². The monoisotopic (exact) mass is 477 g/mol. The molecule has 2 aromatic carbocycles. The van der Waals surface area contributed by atoms with Crippen LogP contribution in [0.15, 0.2) is 71.3 Å². The third-order valence-electron chi connectivity index (χ3n) is 7.18. The summed E-state index contributed by atoms with van der Waals surface area (Å²) in [6, 6.07) is 18.9. The molecule has 1 fully saturated rings. The summed E-state index contributed by atoms with van der Waals surface area (Å²) in [4.78, 5) is 17.6. The number of rotatable bonds is 9. The van der Waals surface area contributed by atoms with Gasteiger partial charge in [-0.15, -0.1) is 0 Å². The summed E-state index contributed by atoms with van der Waals surface area (Å²) >= 11 is 0. The molecule has 1 saturated carbocycles. The molecule has 0 bridgehead atoms. The number of oxazole rings is 1. The van der Waals surface area contributed by atoms with Crippen LogP contribution < -0.4 is 0 Å². The van der Waals surface area contributed by atoms with Gasteiger partial charge in [-0.2, -0.15) is 0 Å². The van der Waals surface area contributed by atoms with Gasteiger partial charge in [0.2, 0.25) is 11.9 Å². The number of benzene rings is 2. The molecule has 1 aromatic heterocycles. The lowest BCUT2D eigenvalue weighted by atomic mass is 9.73. The molecule has 4 rings (SSSR count). The maximum Gasteiger partial charge on any atom is 0.369 e. The van der Waals surface area contributed by atoms with Crippen molar-refractivity contribution < 1.29 is 23.5 Å². The summed E-state index contributed by atoms with van der Waals surface area (Å²) in [5.74, 6) is 0.731. The number of quaternary nitrogens is 1. The maximum absolute atomic E-state index is 13.0. The summed E-state index contributed by atoms with van der Waals surface area (Å²) in [5.41, 5.74) is 0.415. The number of ether oxygens (including phenoxy) is 1. The molecule has 3 aromatic rings. The maximum atomic E-state index is 13.0. The van der Waals surface area contributed by atoms with Gasteiger partial charge in [-0.3, -0.25) is 0 Å². The molecule has 1 aliphatic rings. The minimum Gasteiger partial charge on any atom is -0.461 e. The highest BCUT2D eigenvalue weighted by Crippen LogP contribution is 2.44. The third kappa shape index (κ3) is 5.34. The molecule has 0 amide bonds. The van der Waals surface area contributed by atoms with Gasteiger partial charge in [0, 0.05) is 11.5 Å². The van der Waals surface area contributed by atoms with Crippen molar-refractivity contribution in [1.29, 1.82) is 0 Å². The molecule has 2 atom stereocenters. The molecule has 6 heteroatoms. The molecule has 0 spiro atoms. The Morgan fingerprint density at radius 3 is 2.34 bits per heavy atom. The molecule has 186 valence electrons. The van der Waals surface area contributed by atoms with Gasteiger partial charge in [-0.05, 0) is 25.3 Å². The number of carbonyl (C=O) groups is 1. The first-order valence-corrected chi connectivity index (χ1v) is 12.6. The highest BCUT2D eigenvalue weighted by Gasteiger charge is 2.45. The molecule has 1 heterocycles. The van der Waals surface area contributed by atoms with Crippen LogP contribution in [-0.2, 0) is 21.7 Å². The van der Waals surface area contributed by atoms with Crippen molar-refractivity contribution in [2.45, 2.75) is 57.2 Å². The van der Waals surface area contributed by atoms with Gasteiger partial charge in [0.1, 0.15) is 6.54 Å². The zero-order valence-electron chi connectivity index (χ0n) is 21.0. The van der Waals surface area contributed by atoms with Gasteiger partial charge in [0.05, 0.1) is 26.9 Å². The van der Waals surface area contributed by atoms with E-state index in [0.717, 1.165) is 36.8 Å². The normalized spacial score (nSPS) is 17.5. The van der Waals surface area contributed by atoms with Crippen LogP contribution in [0.25, 0.3) is 0 Å². The SMILES string of the molecule is CCOC(=O)[C@H](c1ccccc1)[N+](C)(C)Cc1cnc([C@](O)(c2ccccc2)C2CCCCC2)o1. The van der Waals surface area contributed by atoms with Gasteiger partial charge in [-0.25, -0.2) is 9.78 Å². The Balaban J connectivity index is 1.66. The molecule has 0 aliphatic heterocycles. The highest BCUT2D eigenvalue weighted by molar-refractivity contribution is 5.76. The Hall–Kier alpha value is -2.96. The van der Waals surface area contributed by atoms with Crippen LogP contribution in [-0.4, -0.2) is 41.2 Å². The molecule has 35 heavy (non-hydrogen) atoms. The molecule has 1 N–H and O–H groups in total. The first kappa shape index (κ1) is 25.1. The Bertz CT molecular complexity index is 1090. The van der Waals surface area contributed by atoms with E-state index >= 15 is 0 Å². The topological polar surface area (TPSA) is 72.6 Å². The smallest absolute Gasteiger partial charge is 0.369 e. The fourth-order valence-corrected chi connectivity index (χ4v) is 5.48. The lowest BCUT2D eigenvalue weighted by Gasteiger charge is -2.37. The predicted molar refractivity (Wildman–Crippen MR) is 134 cm³/mol. The van der Waals surface area contributed by atoms with E-state index in [1.165, 1.54) is 6.42 Å². The average molecular weight is 478 g/mol. The summed E-state index contributed by atoms with van der Waals surface area (Å²) in [5, 5.41) is 12.1. The molecular weight excluding hydrogens is 440 g/mol. The second kappa shape index (κ2) is 10.8. The van der Waals surface area contributed by atoms with Crippen molar-refractivity contribution >= 4 is 5.97 Å². The number of esters is 1. The second-order valence-corrected chi connectivity index (χ2v) is 10.1. The summed E-state index contributed by atoms with van der Waals surface area (Å²) < 4.78 is 12.0. The van der Waals surface area contributed by atoms with Crippen LogP contribution in [0, 0.1) is 5.92 Å². The number of likely N-dealkylation sites (N-methyl/N-ethyl adjacent to an activating group) is 1. The number of carbonyl (C=O) groups excluding carboxylic acids is 1. The van der Waals surface area contributed by atoms with Gasteiger partial charge < -0.3 is 18.7 Å². The van der Waals surface area contributed by atoms with E-state index in [2.05, 4.69) is 4.98 Å². The van der Waals surface area contributed by atoms with Crippen molar-refractivity contribution in [2.24, 2.45) is 5.92 Å². The fourth-order valence-electron chi connectivity index (χ4n) is 5.48. The van der Waals surface area contributed by atoms with E-state index in [-0.39, 0.29) is 11.9 Å². The van der Waals surface area contributed by atoms with Crippen LogP contribution in [0.3, 0.4) is 0 Å². The van der Waals surface area contributed by atoms with Crippen LogP contribution in [0.5, 0.6) is 0 Å². The van der Waals surface area contributed by atoms with Crippen LogP contribution >= 0.6 is 0 Å². The lowest BCUT2D eigenvalue weighted by Crippen LogP contribution is -2.46. The number of aliphatic hydroxyl groups is 1. The Morgan fingerprint density at radius 1 is 1.09 bits per heavy atom. The van der Waals surface area contributed by atoms with Gasteiger partial charge >= 0.3 is 5.97 Å². The minimum atomic E-state index is -1.28. The zero-order valence-corrected chi connectivity index (χ0v) is 21.0. The van der Waals surface area contributed by atoms with Crippen LogP contribution in [0.2, 0.25) is 0 Å². The quantitative estimate of drug-likeness (QED) is 0.331. The number of hydrogen-bond donors (Lipinski definition) is 1. The second-order valence-electron chi connectivity index (χ2n) is 10.1. The first-order valence-electron chi connectivity index (χ1n) is 12.6. The molecule has 0 radical (unpaired) electrons. The predicted octanol–water partition coefficient (Wildman–Crippen LogP) is 5.37. The van der Waals surface area contributed by atoms with E-state index in [1.54, 1.807) is 6.20 Å². The Labute approximate surface area is 208 Å². The van der Waals surface area contributed by atoms with Crippen molar-refractivity contribution in [3.63, 3.8) is 0 Å². The van der Waals surface area contributed by atoms with Crippen molar-refractivity contribution in [3.8, 4) is 0 Å². The standard InChI is InChI=1S/C29H37N2O4/c1-4-34-27(32)26(22-14-8-5-9-15-22)31(2,3)21-25-20-30-28(35-25)29(33,23-16-10-6-11-17-23)24-18-12-7-13-19-24/h5-6,8-11,14-17,20,24,26,33H,4,7,12-13,18-19,21H2,1-3H3/q+1/t26-,29-/m0/s1. The molecule has 1 aliphatic carbocycles. The summed E-state index contributed by atoms with van der Waals surface area (Å²) in [6.45, 7) is 2.55. The number of nitrogens with zero attached hydrogens (tertiary/aromatic N) is 2. The third-order valence-corrected chi connectivity index (χ3v) is 7.18. The average Bonchev–Trinajstić information content (AvgIpc) is 3.33. The molecule has 0 saturated heterocycles. The largest absolute Gasteiger partial charge is 0.461 e. The van der Waals surface area contributed by atoms with E-state index in [1.807, 2.05) is 81.7 Å². The van der Waals surface area contributed by atoms with E-state index in [0.29, 0.717) is 29.3 Å². The number of aromatic nitrogens is 1. The summed E-state index contributed by atoms with van der Waals surface area (Å²) in [7, 11) is 3.97. The van der Waals surface area contributed by atoms with Gasteiger partial charge in [0.25, 0.3) is 0 Å². The first-order chi connectivity index (χ1) is 16.9. The van der Waals surface area contributed by atoms with Crippen molar-refractivity contribution in [1.82, 2.24) is 4.98 Å². The lowest BCUT2D eigenvalue weighted by molar-refractivity contribution is -0.926. The highest BCUT2D eigenvalue weighted by atomic mass is 16.5.